The number of aromatic nitrogens is 2. The molecule has 40 heavy (non-hydrogen) atoms. The van der Waals surface area contributed by atoms with Gasteiger partial charge in [0, 0.05) is 48.9 Å². The van der Waals surface area contributed by atoms with Crippen LogP contribution < -0.4 is 19.7 Å². The van der Waals surface area contributed by atoms with Crippen molar-refractivity contribution >= 4 is 41.2 Å². The highest BCUT2D eigenvalue weighted by atomic mass is 35.5. The number of nitrogens with zero attached hydrogens (tertiary/aromatic N) is 3. The van der Waals surface area contributed by atoms with E-state index in [0.717, 1.165) is 85.7 Å². The summed E-state index contributed by atoms with van der Waals surface area (Å²) < 4.78 is 21.7. The molecule has 216 valence electrons. The number of hydrogen-bond acceptors (Lipinski definition) is 10. The first kappa shape index (κ1) is 29.9. The van der Waals surface area contributed by atoms with Gasteiger partial charge in [-0.3, -0.25) is 4.79 Å². The first-order valence-electron chi connectivity index (χ1n) is 13.7. The monoisotopic (exact) mass is 588 g/mol. The Balaban J connectivity index is 0.00000370. The summed E-state index contributed by atoms with van der Waals surface area (Å²) in [5.41, 5.74) is 3.22. The van der Waals surface area contributed by atoms with Crippen LogP contribution in [0.1, 0.15) is 48.4 Å². The Morgan fingerprint density at radius 2 is 2.00 bits per heavy atom. The quantitative estimate of drug-likeness (QED) is 0.212. The van der Waals surface area contributed by atoms with Crippen LogP contribution in [0.5, 0.6) is 11.5 Å². The van der Waals surface area contributed by atoms with E-state index in [4.69, 9.17) is 23.9 Å². The van der Waals surface area contributed by atoms with Gasteiger partial charge in [0.2, 0.25) is 6.79 Å². The minimum absolute atomic E-state index is 0. The standard InChI is InChI=1S/C29H36N4O5S.ClH/c1-2-36-29(34)17-22(21-6-7-25-26(16-21)38-20-37-25)15-23-19-39-28(32-23)5-3-4-9-30-27-18-24(8-10-31-27)33-11-13-35-14-12-33;/h6-8,10,16,18-19,22H,2-5,9,11-15,17,20H2,1H3,(H,30,31);1H. The molecule has 11 heteroatoms. The lowest BCUT2D eigenvalue weighted by Gasteiger charge is -2.29. The number of pyridine rings is 1. The normalized spacial score (nSPS) is 14.9. The SMILES string of the molecule is CCOC(=O)CC(Cc1csc(CCCCNc2cc(N3CCOCC3)ccn2)n1)c1ccc2c(c1)OCO2.Cl. The number of esters is 1. The number of rotatable bonds is 13. The number of aryl methyl sites for hydroxylation is 1. The molecule has 0 amide bonds. The summed E-state index contributed by atoms with van der Waals surface area (Å²) >= 11 is 1.69. The van der Waals surface area contributed by atoms with Gasteiger partial charge in [0.15, 0.2) is 11.5 Å². The van der Waals surface area contributed by atoms with Crippen molar-refractivity contribution < 1.29 is 23.7 Å². The lowest BCUT2D eigenvalue weighted by molar-refractivity contribution is -0.143. The van der Waals surface area contributed by atoms with E-state index in [9.17, 15) is 4.79 Å². The van der Waals surface area contributed by atoms with Crippen LogP contribution in [0.2, 0.25) is 0 Å². The molecular formula is C29H37ClN4O5S. The first-order valence-corrected chi connectivity index (χ1v) is 14.6. The Labute approximate surface area is 245 Å². The maximum absolute atomic E-state index is 12.3. The van der Waals surface area contributed by atoms with E-state index < -0.39 is 0 Å². The molecule has 1 N–H and O–H groups in total. The third kappa shape index (κ3) is 8.22. The van der Waals surface area contributed by atoms with E-state index in [1.165, 1.54) is 5.69 Å². The fourth-order valence-corrected chi connectivity index (χ4v) is 5.71. The summed E-state index contributed by atoms with van der Waals surface area (Å²) in [7, 11) is 0. The average molecular weight is 589 g/mol. The van der Waals surface area contributed by atoms with Gasteiger partial charge < -0.3 is 29.2 Å². The molecule has 2 aromatic heterocycles. The van der Waals surface area contributed by atoms with Gasteiger partial charge in [-0.2, -0.15) is 0 Å². The number of nitrogens with one attached hydrogen (secondary N) is 1. The van der Waals surface area contributed by atoms with Crippen LogP contribution in [0.25, 0.3) is 0 Å². The number of fused-ring (bicyclic) bond motifs is 1. The molecule has 1 atom stereocenters. The molecule has 2 aliphatic heterocycles. The minimum atomic E-state index is -0.201. The maximum atomic E-state index is 12.3. The van der Waals surface area contributed by atoms with Gasteiger partial charge in [0.1, 0.15) is 5.82 Å². The lowest BCUT2D eigenvalue weighted by atomic mass is 9.91. The maximum Gasteiger partial charge on any atom is 0.306 e. The van der Waals surface area contributed by atoms with Crippen LogP contribution in [-0.4, -0.2) is 62.2 Å². The predicted octanol–water partition coefficient (Wildman–Crippen LogP) is 5.24. The minimum Gasteiger partial charge on any atom is -0.466 e. The van der Waals surface area contributed by atoms with Crippen molar-refractivity contribution in [2.75, 3.05) is 56.5 Å². The zero-order valence-electron chi connectivity index (χ0n) is 22.8. The number of carbonyl (C=O) groups excluding carboxylic acids is 1. The fourth-order valence-electron chi connectivity index (χ4n) is 4.86. The highest BCUT2D eigenvalue weighted by Crippen LogP contribution is 2.36. The third-order valence-corrected chi connectivity index (χ3v) is 7.84. The molecule has 0 saturated carbocycles. The third-order valence-electron chi connectivity index (χ3n) is 6.88. The van der Waals surface area contributed by atoms with Crippen LogP contribution in [-0.2, 0) is 27.1 Å². The van der Waals surface area contributed by atoms with Gasteiger partial charge in [0.05, 0.1) is 36.9 Å². The number of benzene rings is 1. The van der Waals surface area contributed by atoms with Gasteiger partial charge in [-0.05, 0) is 56.4 Å². The van der Waals surface area contributed by atoms with E-state index >= 15 is 0 Å². The van der Waals surface area contributed by atoms with E-state index in [1.807, 2.05) is 31.3 Å². The molecule has 3 aromatic rings. The molecule has 1 aromatic carbocycles. The van der Waals surface area contributed by atoms with Crippen molar-refractivity contribution in [3.05, 3.63) is 58.2 Å². The van der Waals surface area contributed by atoms with Crippen molar-refractivity contribution in [1.82, 2.24) is 9.97 Å². The molecule has 1 fully saturated rings. The molecule has 1 unspecified atom stereocenters. The largest absolute Gasteiger partial charge is 0.466 e. The molecule has 0 spiro atoms. The van der Waals surface area contributed by atoms with Crippen molar-refractivity contribution in [3.8, 4) is 11.5 Å². The summed E-state index contributed by atoms with van der Waals surface area (Å²) in [5, 5.41) is 6.69. The second-order valence-corrected chi connectivity index (χ2v) is 10.6. The molecule has 0 aliphatic carbocycles. The fraction of sp³-hybridized carbons (Fsp3) is 0.483. The molecule has 5 rings (SSSR count). The van der Waals surface area contributed by atoms with E-state index in [-0.39, 0.29) is 31.1 Å². The van der Waals surface area contributed by atoms with Crippen LogP contribution in [0.15, 0.2) is 41.9 Å². The number of halogens is 1. The Hall–Kier alpha value is -3.08. The first-order chi connectivity index (χ1) is 19.2. The summed E-state index contributed by atoms with van der Waals surface area (Å²) in [5.74, 6) is 2.12. The molecular weight excluding hydrogens is 552 g/mol. The zero-order valence-corrected chi connectivity index (χ0v) is 24.4. The number of unbranched alkanes of at least 4 members (excludes halogenated alkanes) is 1. The van der Waals surface area contributed by atoms with Gasteiger partial charge in [-0.25, -0.2) is 9.97 Å². The van der Waals surface area contributed by atoms with Crippen molar-refractivity contribution in [2.24, 2.45) is 0 Å². The second-order valence-electron chi connectivity index (χ2n) is 9.64. The number of carbonyl (C=O) groups is 1. The zero-order chi connectivity index (χ0) is 26.9. The van der Waals surface area contributed by atoms with Gasteiger partial charge in [0.25, 0.3) is 0 Å². The van der Waals surface area contributed by atoms with Crippen LogP contribution in [0.4, 0.5) is 11.5 Å². The van der Waals surface area contributed by atoms with Crippen molar-refractivity contribution in [2.45, 2.75) is 44.9 Å². The topological polar surface area (TPSA) is 95.0 Å². The molecule has 9 nitrogen and oxygen atoms in total. The molecule has 2 aliphatic rings. The van der Waals surface area contributed by atoms with Crippen LogP contribution >= 0.6 is 23.7 Å². The molecule has 0 radical (unpaired) electrons. The van der Waals surface area contributed by atoms with E-state index in [0.29, 0.717) is 19.4 Å². The van der Waals surface area contributed by atoms with Crippen LogP contribution in [0, 0.1) is 0 Å². The Kier molecular flexibility index (Phi) is 11.3. The molecule has 1 saturated heterocycles. The summed E-state index contributed by atoms with van der Waals surface area (Å²) in [4.78, 5) is 24.0. The second kappa shape index (κ2) is 15.1. The lowest BCUT2D eigenvalue weighted by Crippen LogP contribution is -2.36. The van der Waals surface area contributed by atoms with E-state index in [2.05, 4.69) is 32.7 Å². The highest BCUT2D eigenvalue weighted by Gasteiger charge is 2.22. The smallest absolute Gasteiger partial charge is 0.306 e. The summed E-state index contributed by atoms with van der Waals surface area (Å²) in [6.07, 6.45) is 5.83. The number of anilines is 2. The Bertz CT molecular complexity index is 1240. The number of ether oxygens (including phenoxy) is 4. The highest BCUT2D eigenvalue weighted by molar-refractivity contribution is 7.09. The van der Waals surface area contributed by atoms with Crippen molar-refractivity contribution in [3.63, 3.8) is 0 Å². The Morgan fingerprint density at radius 3 is 2.85 bits per heavy atom. The van der Waals surface area contributed by atoms with Crippen molar-refractivity contribution in [1.29, 1.82) is 0 Å². The number of thiazole rings is 1. The van der Waals surface area contributed by atoms with Gasteiger partial charge in [-0.1, -0.05) is 6.07 Å². The summed E-state index contributed by atoms with van der Waals surface area (Å²) in [6, 6.07) is 10.1. The molecule has 4 heterocycles. The number of morpholine rings is 1. The summed E-state index contributed by atoms with van der Waals surface area (Å²) in [6.45, 7) is 6.67. The average Bonchev–Trinajstić information content (AvgIpc) is 3.62. The van der Waals surface area contributed by atoms with E-state index in [1.54, 1.807) is 11.3 Å². The number of hydrogen-bond donors (Lipinski definition) is 1. The van der Waals surface area contributed by atoms with Crippen LogP contribution in [0.3, 0.4) is 0 Å². The molecule has 0 bridgehead atoms. The van der Waals surface area contributed by atoms with Gasteiger partial charge >= 0.3 is 5.97 Å². The predicted molar refractivity (Wildman–Crippen MR) is 158 cm³/mol. The van der Waals surface area contributed by atoms with Gasteiger partial charge in [-0.15, -0.1) is 23.7 Å². The Morgan fingerprint density at radius 1 is 1.15 bits per heavy atom.